The number of rotatable bonds is 4. The van der Waals surface area contributed by atoms with Crippen LogP contribution in [0.25, 0.3) is 0 Å². The van der Waals surface area contributed by atoms with Gasteiger partial charge in [0.2, 0.25) is 0 Å². The van der Waals surface area contributed by atoms with Gasteiger partial charge in [0.1, 0.15) is 5.75 Å². The van der Waals surface area contributed by atoms with Crippen LogP contribution in [0.3, 0.4) is 0 Å². The van der Waals surface area contributed by atoms with Crippen molar-refractivity contribution in [2.45, 2.75) is 32.9 Å². The highest BCUT2D eigenvalue weighted by atomic mass is 16.3. The Morgan fingerprint density at radius 2 is 1.68 bits per heavy atom. The Bertz CT molecular complexity index is 550. The van der Waals surface area contributed by atoms with Crippen LogP contribution in [-0.2, 0) is 0 Å². The SMILES string of the molecule is Cc1cccc([C@@H](C)NC(C)c2ccccc2O)c1. The summed E-state index contributed by atoms with van der Waals surface area (Å²) in [7, 11) is 0. The Morgan fingerprint density at radius 3 is 2.37 bits per heavy atom. The molecule has 0 saturated carbocycles. The van der Waals surface area contributed by atoms with Crippen LogP contribution in [0.4, 0.5) is 0 Å². The van der Waals surface area contributed by atoms with Crippen LogP contribution < -0.4 is 5.32 Å². The van der Waals surface area contributed by atoms with Gasteiger partial charge in [0.05, 0.1) is 0 Å². The van der Waals surface area contributed by atoms with Crippen LogP contribution in [-0.4, -0.2) is 5.11 Å². The van der Waals surface area contributed by atoms with Crippen molar-refractivity contribution < 1.29 is 5.11 Å². The molecule has 2 nitrogen and oxygen atoms in total. The molecule has 2 aromatic carbocycles. The topological polar surface area (TPSA) is 32.3 Å². The summed E-state index contributed by atoms with van der Waals surface area (Å²) >= 11 is 0. The van der Waals surface area contributed by atoms with Gasteiger partial charge in [-0.1, -0.05) is 48.0 Å². The van der Waals surface area contributed by atoms with E-state index in [4.69, 9.17) is 0 Å². The smallest absolute Gasteiger partial charge is 0.120 e. The van der Waals surface area contributed by atoms with E-state index in [2.05, 4.69) is 50.4 Å². The predicted octanol–water partition coefficient (Wildman–Crippen LogP) is 4.11. The average Bonchev–Trinajstić information content (AvgIpc) is 2.39. The largest absolute Gasteiger partial charge is 0.508 e. The molecule has 2 aromatic rings. The molecule has 2 heteroatoms. The molecule has 0 bridgehead atoms. The molecule has 2 atom stereocenters. The first-order valence-corrected chi connectivity index (χ1v) is 6.68. The number of phenols is 1. The van der Waals surface area contributed by atoms with E-state index >= 15 is 0 Å². The lowest BCUT2D eigenvalue weighted by atomic mass is 10.0. The Hall–Kier alpha value is -1.80. The molecule has 100 valence electrons. The van der Waals surface area contributed by atoms with Crippen LogP contribution in [0.15, 0.2) is 48.5 Å². The van der Waals surface area contributed by atoms with E-state index in [-0.39, 0.29) is 12.1 Å². The minimum atomic E-state index is 0.108. The van der Waals surface area contributed by atoms with Gasteiger partial charge in [-0.15, -0.1) is 0 Å². The number of hydrogen-bond acceptors (Lipinski definition) is 2. The summed E-state index contributed by atoms with van der Waals surface area (Å²) in [4.78, 5) is 0. The number of nitrogens with one attached hydrogen (secondary N) is 1. The van der Waals surface area contributed by atoms with Gasteiger partial charge >= 0.3 is 0 Å². The first kappa shape index (κ1) is 13.6. The maximum Gasteiger partial charge on any atom is 0.120 e. The molecule has 0 heterocycles. The second-order valence-corrected chi connectivity index (χ2v) is 5.08. The van der Waals surface area contributed by atoms with Gasteiger partial charge in [-0.25, -0.2) is 0 Å². The quantitative estimate of drug-likeness (QED) is 0.861. The zero-order valence-corrected chi connectivity index (χ0v) is 11.7. The standard InChI is InChI=1S/C17H21NO/c1-12-7-6-8-15(11-12)13(2)18-14(3)16-9-4-5-10-17(16)19/h4-11,13-14,18-19H,1-3H3/t13-,14?/m1/s1. The Balaban J connectivity index is 2.11. The van der Waals surface area contributed by atoms with Gasteiger partial charge in [0.15, 0.2) is 0 Å². The molecule has 0 aliphatic carbocycles. The van der Waals surface area contributed by atoms with Gasteiger partial charge in [0.25, 0.3) is 0 Å². The van der Waals surface area contributed by atoms with Gasteiger partial charge in [-0.05, 0) is 32.4 Å². The van der Waals surface area contributed by atoms with Crippen molar-refractivity contribution in [2.75, 3.05) is 0 Å². The van der Waals surface area contributed by atoms with Crippen molar-refractivity contribution in [3.63, 3.8) is 0 Å². The van der Waals surface area contributed by atoms with Gasteiger partial charge in [-0.3, -0.25) is 0 Å². The van der Waals surface area contributed by atoms with E-state index in [1.54, 1.807) is 6.07 Å². The molecular formula is C17H21NO. The number of aryl methyl sites for hydroxylation is 1. The van der Waals surface area contributed by atoms with E-state index in [1.807, 2.05) is 18.2 Å². The number of aromatic hydroxyl groups is 1. The second kappa shape index (κ2) is 5.89. The lowest BCUT2D eigenvalue weighted by Crippen LogP contribution is -2.22. The minimum absolute atomic E-state index is 0.108. The number of hydrogen-bond donors (Lipinski definition) is 2. The summed E-state index contributed by atoms with van der Waals surface area (Å²) < 4.78 is 0. The molecule has 2 rings (SSSR count). The Morgan fingerprint density at radius 1 is 0.947 bits per heavy atom. The van der Waals surface area contributed by atoms with E-state index in [0.717, 1.165) is 5.56 Å². The van der Waals surface area contributed by atoms with Gasteiger partial charge < -0.3 is 10.4 Å². The summed E-state index contributed by atoms with van der Waals surface area (Å²) in [6.07, 6.45) is 0. The van der Waals surface area contributed by atoms with E-state index in [0.29, 0.717) is 5.75 Å². The fraction of sp³-hybridized carbons (Fsp3) is 0.294. The lowest BCUT2D eigenvalue weighted by Gasteiger charge is -2.21. The van der Waals surface area contributed by atoms with Gasteiger partial charge in [-0.2, -0.15) is 0 Å². The number of para-hydroxylation sites is 1. The maximum absolute atomic E-state index is 9.87. The van der Waals surface area contributed by atoms with E-state index in [9.17, 15) is 5.11 Å². The summed E-state index contributed by atoms with van der Waals surface area (Å²) in [5, 5.41) is 13.4. The molecule has 0 spiro atoms. The highest BCUT2D eigenvalue weighted by Gasteiger charge is 2.13. The van der Waals surface area contributed by atoms with Crippen molar-refractivity contribution in [2.24, 2.45) is 0 Å². The van der Waals surface area contributed by atoms with Crippen LogP contribution in [0.5, 0.6) is 5.75 Å². The fourth-order valence-electron chi connectivity index (χ4n) is 2.35. The third-order valence-corrected chi connectivity index (χ3v) is 3.45. The summed E-state index contributed by atoms with van der Waals surface area (Å²) in [6.45, 7) is 6.31. The predicted molar refractivity (Wildman–Crippen MR) is 79.3 cm³/mol. The maximum atomic E-state index is 9.87. The normalized spacial score (nSPS) is 14.1. The molecule has 0 saturated heterocycles. The highest BCUT2D eigenvalue weighted by Crippen LogP contribution is 2.26. The number of benzene rings is 2. The van der Waals surface area contributed by atoms with Crippen molar-refractivity contribution in [1.29, 1.82) is 0 Å². The highest BCUT2D eigenvalue weighted by molar-refractivity contribution is 5.34. The summed E-state index contributed by atoms with van der Waals surface area (Å²) in [5.74, 6) is 0.346. The zero-order chi connectivity index (χ0) is 13.8. The Kier molecular flexibility index (Phi) is 4.23. The fourth-order valence-corrected chi connectivity index (χ4v) is 2.35. The van der Waals surface area contributed by atoms with Crippen molar-refractivity contribution >= 4 is 0 Å². The molecule has 0 radical (unpaired) electrons. The van der Waals surface area contributed by atoms with Crippen LogP contribution in [0.2, 0.25) is 0 Å². The molecule has 1 unspecified atom stereocenters. The molecule has 0 fully saturated rings. The van der Waals surface area contributed by atoms with Crippen LogP contribution in [0.1, 0.15) is 42.6 Å². The van der Waals surface area contributed by atoms with Crippen molar-refractivity contribution in [1.82, 2.24) is 5.32 Å². The molecule has 0 aliphatic heterocycles. The second-order valence-electron chi connectivity index (χ2n) is 5.08. The molecule has 0 aliphatic rings. The molecule has 0 aromatic heterocycles. The molecular weight excluding hydrogens is 234 g/mol. The van der Waals surface area contributed by atoms with Gasteiger partial charge in [0, 0.05) is 17.6 Å². The van der Waals surface area contributed by atoms with Crippen molar-refractivity contribution in [3.05, 3.63) is 65.2 Å². The lowest BCUT2D eigenvalue weighted by molar-refractivity contribution is 0.438. The van der Waals surface area contributed by atoms with Crippen LogP contribution in [0, 0.1) is 6.92 Å². The molecule has 2 N–H and O–H groups in total. The zero-order valence-electron chi connectivity index (χ0n) is 11.7. The van der Waals surface area contributed by atoms with Crippen LogP contribution >= 0.6 is 0 Å². The number of phenolic OH excluding ortho intramolecular Hbond substituents is 1. The first-order chi connectivity index (χ1) is 9.08. The van der Waals surface area contributed by atoms with Crippen molar-refractivity contribution in [3.8, 4) is 5.75 Å². The Labute approximate surface area is 115 Å². The monoisotopic (exact) mass is 255 g/mol. The summed E-state index contributed by atoms with van der Waals surface area (Å²) in [5.41, 5.74) is 3.46. The third-order valence-electron chi connectivity index (χ3n) is 3.45. The molecule has 0 amide bonds. The molecule has 19 heavy (non-hydrogen) atoms. The van der Waals surface area contributed by atoms with E-state index < -0.39 is 0 Å². The average molecular weight is 255 g/mol. The minimum Gasteiger partial charge on any atom is -0.508 e. The van der Waals surface area contributed by atoms with E-state index in [1.165, 1.54) is 11.1 Å². The first-order valence-electron chi connectivity index (χ1n) is 6.68. The summed E-state index contributed by atoms with van der Waals surface area (Å²) in [6, 6.07) is 16.3. The third kappa shape index (κ3) is 3.36.